The maximum absolute atomic E-state index is 14.0. The van der Waals surface area contributed by atoms with Crippen molar-refractivity contribution in [3.8, 4) is 11.5 Å². The van der Waals surface area contributed by atoms with E-state index < -0.39 is 29.8 Å². The van der Waals surface area contributed by atoms with Gasteiger partial charge in [0, 0.05) is 30.5 Å². The van der Waals surface area contributed by atoms with Crippen LogP contribution in [0, 0.1) is 12.7 Å². The molecule has 188 valence electrons. The molecular formula is C28H27ClFNO5. The highest BCUT2D eigenvalue weighted by molar-refractivity contribution is 6.30. The molecule has 1 unspecified atom stereocenters. The maximum Gasteiger partial charge on any atom is 0.323 e. The quantitative estimate of drug-likeness (QED) is 0.434. The normalized spacial score (nSPS) is 16.2. The lowest BCUT2D eigenvalue weighted by molar-refractivity contribution is -0.137. The minimum atomic E-state index is -1.10. The zero-order valence-corrected chi connectivity index (χ0v) is 21.1. The lowest BCUT2D eigenvalue weighted by Crippen LogP contribution is -2.35. The number of carboxylic acids is 1. The molecule has 4 rings (SSSR count). The number of methoxy groups -OCH3 is 1. The Bertz CT molecular complexity index is 1310. The number of benzene rings is 3. The third kappa shape index (κ3) is 5.62. The molecule has 8 heteroatoms. The van der Waals surface area contributed by atoms with Gasteiger partial charge >= 0.3 is 5.97 Å². The van der Waals surface area contributed by atoms with E-state index in [0.29, 0.717) is 29.9 Å². The van der Waals surface area contributed by atoms with Gasteiger partial charge in [-0.05, 0) is 49.2 Å². The van der Waals surface area contributed by atoms with E-state index in [4.69, 9.17) is 21.1 Å². The summed E-state index contributed by atoms with van der Waals surface area (Å²) in [5.74, 6) is -1.12. The van der Waals surface area contributed by atoms with Crippen LogP contribution in [0.1, 0.15) is 39.5 Å². The van der Waals surface area contributed by atoms with Crippen molar-refractivity contribution in [3.05, 3.63) is 93.3 Å². The first kappa shape index (κ1) is 25.5. The Hall–Kier alpha value is -3.58. The summed E-state index contributed by atoms with van der Waals surface area (Å²) >= 11 is 5.81. The standard InChI is InChI=1S/C28H27ClFNO5/c1-17-4-6-18(7-5-17)15-31(16-25(32)33)27(34)20-11-21-14-28(2,36-26(21)24(12-20)35-3)13-19-8-9-22(29)23(30)10-19/h4-12H,13-16H2,1-3H3,(H,32,33). The summed E-state index contributed by atoms with van der Waals surface area (Å²) < 4.78 is 25.8. The first-order chi connectivity index (χ1) is 17.1. The topological polar surface area (TPSA) is 76.1 Å². The van der Waals surface area contributed by atoms with Crippen molar-refractivity contribution < 1.29 is 28.6 Å². The predicted octanol–water partition coefficient (Wildman–Crippen LogP) is 5.46. The number of ether oxygens (including phenoxy) is 2. The molecule has 0 aromatic heterocycles. The molecule has 0 aliphatic carbocycles. The van der Waals surface area contributed by atoms with E-state index in [1.54, 1.807) is 18.2 Å². The SMILES string of the molecule is COc1cc(C(=O)N(CC(=O)O)Cc2ccc(C)cc2)cc2c1OC(C)(Cc1ccc(Cl)c(F)c1)C2. The summed E-state index contributed by atoms with van der Waals surface area (Å²) in [7, 11) is 1.48. The van der Waals surface area contributed by atoms with Gasteiger partial charge in [-0.2, -0.15) is 0 Å². The number of hydrogen-bond acceptors (Lipinski definition) is 4. The van der Waals surface area contributed by atoms with Crippen LogP contribution < -0.4 is 9.47 Å². The monoisotopic (exact) mass is 511 g/mol. The number of hydrogen-bond donors (Lipinski definition) is 1. The van der Waals surface area contributed by atoms with Crippen molar-refractivity contribution in [2.45, 2.75) is 38.8 Å². The highest BCUT2D eigenvalue weighted by Crippen LogP contribution is 2.44. The molecule has 6 nitrogen and oxygen atoms in total. The number of fused-ring (bicyclic) bond motifs is 1. The number of rotatable bonds is 8. The number of amides is 1. The van der Waals surface area contributed by atoms with Crippen LogP contribution in [0.2, 0.25) is 5.02 Å². The summed E-state index contributed by atoms with van der Waals surface area (Å²) in [5, 5.41) is 9.49. The fourth-order valence-electron chi connectivity index (χ4n) is 4.51. The zero-order valence-electron chi connectivity index (χ0n) is 20.3. The molecule has 0 fully saturated rings. The molecule has 1 atom stereocenters. The van der Waals surface area contributed by atoms with Crippen molar-refractivity contribution >= 4 is 23.5 Å². The van der Waals surface area contributed by atoms with Gasteiger partial charge in [-0.15, -0.1) is 0 Å². The van der Waals surface area contributed by atoms with Crippen molar-refractivity contribution in [2.75, 3.05) is 13.7 Å². The molecule has 0 saturated carbocycles. The van der Waals surface area contributed by atoms with Crippen LogP contribution in [0.25, 0.3) is 0 Å². The Labute approximate surface area is 214 Å². The summed E-state index contributed by atoms with van der Waals surface area (Å²) in [6, 6.07) is 15.5. The molecule has 1 heterocycles. The molecule has 1 amide bonds. The number of carbonyl (C=O) groups is 2. The third-order valence-corrected chi connectivity index (χ3v) is 6.49. The van der Waals surface area contributed by atoms with Gasteiger partial charge in [0.1, 0.15) is 18.0 Å². The lowest BCUT2D eigenvalue weighted by Gasteiger charge is -2.24. The number of nitrogens with zero attached hydrogens (tertiary/aromatic N) is 1. The van der Waals surface area contributed by atoms with Crippen molar-refractivity contribution in [1.29, 1.82) is 0 Å². The maximum atomic E-state index is 14.0. The second-order valence-corrected chi connectivity index (χ2v) is 9.77. The van der Waals surface area contributed by atoms with Gasteiger partial charge in [-0.1, -0.05) is 47.5 Å². The number of aliphatic carboxylic acids is 1. The summed E-state index contributed by atoms with van der Waals surface area (Å²) in [5.41, 5.74) is 3.01. The van der Waals surface area contributed by atoms with E-state index in [2.05, 4.69) is 0 Å². The first-order valence-corrected chi connectivity index (χ1v) is 11.8. The first-order valence-electron chi connectivity index (χ1n) is 11.5. The van der Waals surface area contributed by atoms with Crippen molar-refractivity contribution in [1.82, 2.24) is 4.90 Å². The number of halogens is 2. The molecule has 1 aliphatic heterocycles. The van der Waals surface area contributed by atoms with E-state index in [0.717, 1.165) is 22.3 Å². The number of carboxylic acid groups (broad SMARTS) is 1. The molecule has 1 N–H and O–H groups in total. The van der Waals surface area contributed by atoms with Gasteiger partial charge in [0.15, 0.2) is 11.5 Å². The van der Waals surface area contributed by atoms with Crippen LogP contribution in [0.3, 0.4) is 0 Å². The van der Waals surface area contributed by atoms with E-state index in [1.165, 1.54) is 24.1 Å². The van der Waals surface area contributed by atoms with E-state index >= 15 is 0 Å². The molecule has 3 aromatic rings. The summed E-state index contributed by atoms with van der Waals surface area (Å²) in [6.07, 6.45) is 0.877. The molecular weight excluding hydrogens is 485 g/mol. The Morgan fingerprint density at radius 1 is 1.14 bits per heavy atom. The number of carbonyl (C=O) groups excluding carboxylic acids is 1. The largest absolute Gasteiger partial charge is 0.493 e. The van der Waals surface area contributed by atoms with Crippen LogP contribution in [-0.4, -0.2) is 41.1 Å². The molecule has 36 heavy (non-hydrogen) atoms. The Balaban J connectivity index is 1.61. The second-order valence-electron chi connectivity index (χ2n) is 9.36. The van der Waals surface area contributed by atoms with Crippen LogP contribution in [0.5, 0.6) is 11.5 Å². The van der Waals surface area contributed by atoms with Crippen molar-refractivity contribution in [3.63, 3.8) is 0 Å². The minimum Gasteiger partial charge on any atom is -0.493 e. The Kier molecular flexibility index (Phi) is 7.22. The zero-order chi connectivity index (χ0) is 26.0. The van der Waals surface area contributed by atoms with Gasteiger partial charge in [-0.25, -0.2) is 4.39 Å². The van der Waals surface area contributed by atoms with Crippen LogP contribution in [-0.2, 0) is 24.2 Å². The molecule has 1 aliphatic rings. The third-order valence-electron chi connectivity index (χ3n) is 6.18. The van der Waals surface area contributed by atoms with Gasteiger partial charge in [0.05, 0.1) is 12.1 Å². The summed E-state index contributed by atoms with van der Waals surface area (Å²) in [4.78, 5) is 26.3. The molecule has 0 radical (unpaired) electrons. The molecule has 0 spiro atoms. The molecule has 0 bridgehead atoms. The van der Waals surface area contributed by atoms with E-state index in [-0.39, 0.29) is 11.6 Å². The van der Waals surface area contributed by atoms with Crippen LogP contribution >= 0.6 is 11.6 Å². The van der Waals surface area contributed by atoms with E-state index in [1.807, 2.05) is 38.1 Å². The smallest absolute Gasteiger partial charge is 0.323 e. The Morgan fingerprint density at radius 2 is 1.83 bits per heavy atom. The number of aryl methyl sites for hydroxylation is 1. The molecule has 3 aromatic carbocycles. The van der Waals surface area contributed by atoms with Gasteiger partial charge in [0.2, 0.25) is 0 Å². The van der Waals surface area contributed by atoms with Crippen LogP contribution in [0.15, 0.2) is 54.6 Å². The summed E-state index contributed by atoms with van der Waals surface area (Å²) in [6.45, 7) is 3.58. The van der Waals surface area contributed by atoms with Gasteiger partial charge in [-0.3, -0.25) is 9.59 Å². The average molecular weight is 512 g/mol. The van der Waals surface area contributed by atoms with Gasteiger partial charge in [0.25, 0.3) is 5.91 Å². The average Bonchev–Trinajstić information content (AvgIpc) is 3.16. The molecule has 0 saturated heterocycles. The fourth-order valence-corrected chi connectivity index (χ4v) is 4.62. The lowest BCUT2D eigenvalue weighted by atomic mass is 9.91. The highest BCUT2D eigenvalue weighted by atomic mass is 35.5. The Morgan fingerprint density at radius 3 is 2.47 bits per heavy atom. The fraction of sp³-hybridized carbons (Fsp3) is 0.286. The van der Waals surface area contributed by atoms with Crippen LogP contribution in [0.4, 0.5) is 4.39 Å². The van der Waals surface area contributed by atoms with E-state index in [9.17, 15) is 19.1 Å². The second kappa shape index (κ2) is 10.2. The van der Waals surface area contributed by atoms with Gasteiger partial charge < -0.3 is 19.5 Å². The highest BCUT2D eigenvalue weighted by Gasteiger charge is 2.38. The van der Waals surface area contributed by atoms with Crippen molar-refractivity contribution in [2.24, 2.45) is 0 Å². The predicted molar refractivity (Wildman–Crippen MR) is 134 cm³/mol. The minimum absolute atomic E-state index is 0.0564.